The van der Waals surface area contributed by atoms with Gasteiger partial charge in [-0.05, 0) is 50.6 Å². The number of hydrogen-bond donors (Lipinski definition) is 1. The highest BCUT2D eigenvalue weighted by atomic mass is 15.2. The summed E-state index contributed by atoms with van der Waals surface area (Å²) in [7, 11) is 0. The molecule has 2 rings (SSSR count). The zero-order valence-electron chi connectivity index (χ0n) is 9.47. The summed E-state index contributed by atoms with van der Waals surface area (Å²) < 4.78 is 0. The molecule has 2 aliphatic rings. The van der Waals surface area contributed by atoms with Gasteiger partial charge in [0.05, 0.1) is 0 Å². The molecule has 1 unspecified atom stereocenters. The highest BCUT2D eigenvalue weighted by molar-refractivity contribution is 4.93. The van der Waals surface area contributed by atoms with E-state index in [4.69, 9.17) is 5.73 Å². The van der Waals surface area contributed by atoms with E-state index in [2.05, 4.69) is 11.8 Å². The van der Waals surface area contributed by atoms with Crippen molar-refractivity contribution in [1.82, 2.24) is 4.90 Å². The summed E-state index contributed by atoms with van der Waals surface area (Å²) >= 11 is 0. The lowest BCUT2D eigenvalue weighted by Crippen LogP contribution is -2.49. The molecule has 2 N–H and O–H groups in total. The Morgan fingerprint density at radius 1 is 1.21 bits per heavy atom. The molecule has 82 valence electrons. The first-order valence-electron chi connectivity index (χ1n) is 6.24. The van der Waals surface area contributed by atoms with E-state index in [-0.39, 0.29) is 0 Å². The molecule has 0 aromatic heterocycles. The van der Waals surface area contributed by atoms with Gasteiger partial charge in [0.15, 0.2) is 0 Å². The number of hydrogen-bond acceptors (Lipinski definition) is 2. The van der Waals surface area contributed by atoms with E-state index in [1.807, 2.05) is 0 Å². The highest BCUT2D eigenvalue weighted by Crippen LogP contribution is 2.48. The van der Waals surface area contributed by atoms with E-state index < -0.39 is 0 Å². The maximum absolute atomic E-state index is 5.79. The smallest absolute Gasteiger partial charge is 0.0215 e. The Hall–Kier alpha value is -0.0800. The maximum Gasteiger partial charge on any atom is 0.0215 e. The van der Waals surface area contributed by atoms with Gasteiger partial charge < -0.3 is 5.73 Å². The number of piperidine rings is 1. The molecular formula is C12H24N2. The van der Waals surface area contributed by atoms with Crippen LogP contribution in [0.15, 0.2) is 0 Å². The van der Waals surface area contributed by atoms with Crippen molar-refractivity contribution >= 4 is 0 Å². The predicted octanol–water partition coefficient (Wildman–Crippen LogP) is 1.99. The second-order valence-corrected chi connectivity index (χ2v) is 5.19. The summed E-state index contributed by atoms with van der Waals surface area (Å²) in [6.45, 7) is 5.69. The summed E-state index contributed by atoms with van der Waals surface area (Å²) in [6.07, 6.45) is 8.56. The van der Waals surface area contributed by atoms with Gasteiger partial charge in [0.25, 0.3) is 0 Å². The normalized spacial score (nSPS) is 28.7. The molecule has 0 radical (unpaired) electrons. The third-order valence-corrected chi connectivity index (χ3v) is 4.53. The van der Waals surface area contributed by atoms with Crippen molar-refractivity contribution < 1.29 is 0 Å². The van der Waals surface area contributed by atoms with E-state index in [0.29, 0.717) is 6.04 Å². The van der Waals surface area contributed by atoms with E-state index in [0.717, 1.165) is 12.0 Å². The standard InChI is InChI=1S/C12H24N2/c1-2-11(10-13)14-8-6-12(7-9-14)4-3-5-12/h11H,2-10,13H2,1H3. The van der Waals surface area contributed by atoms with Crippen molar-refractivity contribution in [3.63, 3.8) is 0 Å². The first-order valence-corrected chi connectivity index (χ1v) is 6.24. The first kappa shape index (κ1) is 10.4. The molecule has 1 saturated carbocycles. The second kappa shape index (κ2) is 4.19. The molecule has 1 atom stereocenters. The van der Waals surface area contributed by atoms with Crippen LogP contribution in [0.1, 0.15) is 45.4 Å². The van der Waals surface area contributed by atoms with Gasteiger partial charge in [-0.1, -0.05) is 13.3 Å². The topological polar surface area (TPSA) is 29.3 Å². The Labute approximate surface area is 87.8 Å². The Bertz CT molecular complexity index is 173. The zero-order chi connectivity index (χ0) is 10.0. The molecule has 2 heteroatoms. The van der Waals surface area contributed by atoms with Crippen LogP contribution in [-0.2, 0) is 0 Å². The van der Waals surface area contributed by atoms with E-state index >= 15 is 0 Å². The van der Waals surface area contributed by atoms with Crippen molar-refractivity contribution in [1.29, 1.82) is 0 Å². The van der Waals surface area contributed by atoms with Crippen LogP contribution < -0.4 is 5.73 Å². The lowest BCUT2D eigenvalue weighted by atomic mass is 9.63. The van der Waals surface area contributed by atoms with E-state index in [1.165, 1.54) is 51.6 Å². The molecule has 1 aliphatic heterocycles. The largest absolute Gasteiger partial charge is 0.329 e. The van der Waals surface area contributed by atoms with Gasteiger partial charge in [-0.25, -0.2) is 0 Å². The molecule has 1 heterocycles. The van der Waals surface area contributed by atoms with Crippen LogP contribution in [0.2, 0.25) is 0 Å². The third kappa shape index (κ3) is 1.82. The van der Waals surface area contributed by atoms with Crippen LogP contribution in [0.4, 0.5) is 0 Å². The predicted molar refractivity (Wildman–Crippen MR) is 60.2 cm³/mol. The van der Waals surface area contributed by atoms with Gasteiger partial charge in [-0.2, -0.15) is 0 Å². The van der Waals surface area contributed by atoms with Crippen molar-refractivity contribution in [3.05, 3.63) is 0 Å². The summed E-state index contributed by atoms with van der Waals surface area (Å²) in [6, 6.07) is 0.646. The van der Waals surface area contributed by atoms with Gasteiger partial charge in [-0.3, -0.25) is 4.90 Å². The molecule has 1 saturated heterocycles. The summed E-state index contributed by atoms with van der Waals surface area (Å²) in [4.78, 5) is 2.61. The van der Waals surface area contributed by atoms with Crippen molar-refractivity contribution in [3.8, 4) is 0 Å². The number of rotatable bonds is 3. The van der Waals surface area contributed by atoms with Gasteiger partial charge in [0, 0.05) is 12.6 Å². The summed E-state index contributed by atoms with van der Waals surface area (Å²) in [5.74, 6) is 0. The second-order valence-electron chi connectivity index (χ2n) is 5.19. The van der Waals surface area contributed by atoms with E-state index in [9.17, 15) is 0 Å². The van der Waals surface area contributed by atoms with Crippen molar-refractivity contribution in [2.24, 2.45) is 11.1 Å². The van der Waals surface area contributed by atoms with Crippen molar-refractivity contribution in [2.75, 3.05) is 19.6 Å². The van der Waals surface area contributed by atoms with Crippen molar-refractivity contribution in [2.45, 2.75) is 51.5 Å². The highest BCUT2D eigenvalue weighted by Gasteiger charge is 2.40. The van der Waals surface area contributed by atoms with Crippen LogP contribution in [-0.4, -0.2) is 30.6 Å². The Morgan fingerprint density at radius 2 is 1.86 bits per heavy atom. The minimum Gasteiger partial charge on any atom is -0.329 e. The van der Waals surface area contributed by atoms with Gasteiger partial charge >= 0.3 is 0 Å². The molecular weight excluding hydrogens is 172 g/mol. The molecule has 0 bridgehead atoms. The molecule has 14 heavy (non-hydrogen) atoms. The number of nitrogens with two attached hydrogens (primary N) is 1. The van der Waals surface area contributed by atoms with Gasteiger partial charge in [-0.15, -0.1) is 0 Å². The summed E-state index contributed by atoms with van der Waals surface area (Å²) in [5, 5.41) is 0. The molecule has 2 nitrogen and oxygen atoms in total. The zero-order valence-corrected chi connectivity index (χ0v) is 9.47. The van der Waals surface area contributed by atoms with Gasteiger partial charge in [0.1, 0.15) is 0 Å². The SMILES string of the molecule is CCC(CN)N1CCC2(CCC2)CC1. The molecule has 1 spiro atoms. The van der Waals surface area contributed by atoms with Crippen LogP contribution in [0.25, 0.3) is 0 Å². The fraction of sp³-hybridized carbons (Fsp3) is 1.00. The summed E-state index contributed by atoms with van der Waals surface area (Å²) in [5.41, 5.74) is 6.57. The molecule has 2 fully saturated rings. The third-order valence-electron chi connectivity index (χ3n) is 4.53. The Balaban J connectivity index is 1.82. The van der Waals surface area contributed by atoms with E-state index in [1.54, 1.807) is 0 Å². The number of likely N-dealkylation sites (tertiary alicyclic amines) is 1. The molecule has 0 aromatic carbocycles. The minimum atomic E-state index is 0.646. The van der Waals surface area contributed by atoms with Crippen LogP contribution in [0, 0.1) is 5.41 Å². The van der Waals surface area contributed by atoms with Gasteiger partial charge in [0.2, 0.25) is 0 Å². The monoisotopic (exact) mass is 196 g/mol. The molecule has 1 aliphatic carbocycles. The fourth-order valence-electron chi connectivity index (χ4n) is 3.11. The van der Waals surface area contributed by atoms with Crippen LogP contribution >= 0.6 is 0 Å². The average Bonchev–Trinajstić information content (AvgIpc) is 2.18. The van der Waals surface area contributed by atoms with Crippen LogP contribution in [0.5, 0.6) is 0 Å². The Morgan fingerprint density at radius 3 is 2.21 bits per heavy atom. The average molecular weight is 196 g/mol. The van der Waals surface area contributed by atoms with Crippen LogP contribution in [0.3, 0.4) is 0 Å². The quantitative estimate of drug-likeness (QED) is 0.748. The molecule has 0 aromatic rings. The Kier molecular flexibility index (Phi) is 3.13. The number of nitrogens with zero attached hydrogens (tertiary/aromatic N) is 1. The fourth-order valence-corrected chi connectivity index (χ4v) is 3.11. The first-order chi connectivity index (χ1) is 6.79. The maximum atomic E-state index is 5.79. The minimum absolute atomic E-state index is 0.646. The lowest BCUT2D eigenvalue weighted by Gasteiger charge is -2.49. The lowest BCUT2D eigenvalue weighted by molar-refractivity contribution is 0.0167. The molecule has 0 amide bonds.